The lowest BCUT2D eigenvalue weighted by Gasteiger charge is -2.35. The molecule has 2 unspecified atom stereocenters. The second-order valence-corrected chi connectivity index (χ2v) is 6.83. The Morgan fingerprint density at radius 3 is 2.72 bits per heavy atom. The van der Waals surface area contributed by atoms with Crippen LogP contribution in [-0.2, 0) is 20.8 Å². The number of hydrogen-bond donors (Lipinski definition) is 1. The van der Waals surface area contributed by atoms with Gasteiger partial charge in [-0.25, -0.2) is 0 Å². The van der Waals surface area contributed by atoms with Gasteiger partial charge < -0.3 is 15.5 Å². The van der Waals surface area contributed by atoms with Crippen molar-refractivity contribution < 1.29 is 14.4 Å². The number of anilines is 1. The molecule has 6 nitrogen and oxygen atoms in total. The van der Waals surface area contributed by atoms with Crippen LogP contribution in [0.1, 0.15) is 38.2 Å². The Bertz CT molecular complexity index is 688. The fourth-order valence-corrected chi connectivity index (χ4v) is 3.90. The van der Waals surface area contributed by atoms with Crippen molar-refractivity contribution in [3.8, 4) is 0 Å². The van der Waals surface area contributed by atoms with Crippen LogP contribution in [0, 0.1) is 5.92 Å². The quantitative estimate of drug-likeness (QED) is 0.898. The number of para-hydroxylation sites is 1. The maximum Gasteiger partial charge on any atom is 0.240 e. The Morgan fingerprint density at radius 1 is 1.24 bits per heavy atom. The minimum atomic E-state index is -0.534. The summed E-state index contributed by atoms with van der Waals surface area (Å²) in [5.41, 5.74) is 7.45. The molecule has 2 aliphatic heterocycles. The van der Waals surface area contributed by atoms with Gasteiger partial charge >= 0.3 is 0 Å². The summed E-state index contributed by atoms with van der Waals surface area (Å²) in [6.07, 6.45) is 3.41. The van der Waals surface area contributed by atoms with Crippen molar-refractivity contribution in [3.05, 3.63) is 29.8 Å². The highest BCUT2D eigenvalue weighted by Crippen LogP contribution is 2.30. The van der Waals surface area contributed by atoms with E-state index in [9.17, 15) is 14.4 Å². The third-order valence-corrected chi connectivity index (χ3v) is 5.25. The van der Waals surface area contributed by atoms with Crippen molar-refractivity contribution >= 4 is 23.4 Å². The highest BCUT2D eigenvalue weighted by molar-refractivity contribution is 6.01. The van der Waals surface area contributed by atoms with Crippen LogP contribution in [0.4, 0.5) is 5.69 Å². The number of nitrogens with zero attached hydrogens (tertiary/aromatic N) is 2. The number of benzene rings is 1. The topological polar surface area (TPSA) is 83.7 Å². The molecule has 134 valence electrons. The summed E-state index contributed by atoms with van der Waals surface area (Å²) in [5.74, 6) is -1.01. The van der Waals surface area contributed by atoms with Gasteiger partial charge in [-0.15, -0.1) is 0 Å². The van der Waals surface area contributed by atoms with Crippen molar-refractivity contribution in [1.82, 2.24) is 4.90 Å². The van der Waals surface area contributed by atoms with Crippen LogP contribution in [0.5, 0.6) is 0 Å². The molecular formula is C19H25N3O3. The highest BCUT2D eigenvalue weighted by atomic mass is 16.2. The molecule has 1 aromatic carbocycles. The first-order valence-electron chi connectivity index (χ1n) is 9.01. The molecule has 3 rings (SSSR count). The largest absolute Gasteiger partial charge is 0.368 e. The number of primary amides is 1. The van der Waals surface area contributed by atoms with Gasteiger partial charge in [-0.1, -0.05) is 25.1 Å². The fourth-order valence-electron chi connectivity index (χ4n) is 3.90. The number of carbonyl (C=O) groups is 3. The van der Waals surface area contributed by atoms with E-state index >= 15 is 0 Å². The van der Waals surface area contributed by atoms with Crippen molar-refractivity contribution in [2.45, 2.75) is 45.1 Å². The zero-order chi connectivity index (χ0) is 18.0. The molecule has 1 aromatic rings. The molecule has 0 spiro atoms. The number of hydrogen-bond acceptors (Lipinski definition) is 3. The average Bonchev–Trinajstić information content (AvgIpc) is 3.02. The van der Waals surface area contributed by atoms with E-state index in [1.54, 1.807) is 9.80 Å². The van der Waals surface area contributed by atoms with E-state index in [0.29, 0.717) is 19.5 Å². The Balaban J connectivity index is 1.77. The van der Waals surface area contributed by atoms with Gasteiger partial charge in [0.15, 0.2) is 0 Å². The van der Waals surface area contributed by atoms with E-state index in [-0.39, 0.29) is 18.2 Å². The van der Waals surface area contributed by atoms with E-state index in [4.69, 9.17) is 5.73 Å². The number of nitrogens with two attached hydrogens (primary N) is 1. The van der Waals surface area contributed by atoms with Crippen LogP contribution in [0.15, 0.2) is 24.3 Å². The molecule has 0 bridgehead atoms. The number of amides is 3. The third-order valence-electron chi connectivity index (χ3n) is 5.25. The molecule has 25 heavy (non-hydrogen) atoms. The molecule has 0 radical (unpaired) electrons. The van der Waals surface area contributed by atoms with Gasteiger partial charge in [-0.3, -0.25) is 14.4 Å². The molecule has 2 atom stereocenters. The van der Waals surface area contributed by atoms with Crippen LogP contribution in [0.25, 0.3) is 0 Å². The first-order chi connectivity index (χ1) is 12.0. The summed E-state index contributed by atoms with van der Waals surface area (Å²) in [4.78, 5) is 40.4. The molecule has 2 heterocycles. The number of carbonyl (C=O) groups excluding carboxylic acids is 3. The maximum absolute atomic E-state index is 12.9. The Hall–Kier alpha value is -2.37. The second-order valence-electron chi connectivity index (χ2n) is 6.83. The minimum Gasteiger partial charge on any atom is -0.368 e. The van der Waals surface area contributed by atoms with E-state index < -0.39 is 17.9 Å². The molecule has 0 aliphatic carbocycles. The molecule has 3 amide bonds. The predicted octanol–water partition coefficient (Wildman–Crippen LogP) is 1.47. The van der Waals surface area contributed by atoms with Gasteiger partial charge in [-0.05, 0) is 37.3 Å². The lowest BCUT2D eigenvalue weighted by Crippen LogP contribution is -2.52. The van der Waals surface area contributed by atoms with Gasteiger partial charge in [0.05, 0.1) is 5.92 Å². The van der Waals surface area contributed by atoms with Crippen LogP contribution in [-0.4, -0.2) is 41.8 Å². The van der Waals surface area contributed by atoms with Gasteiger partial charge in [0.1, 0.15) is 6.04 Å². The smallest absolute Gasteiger partial charge is 0.240 e. The summed E-state index contributed by atoms with van der Waals surface area (Å²) < 4.78 is 0. The van der Waals surface area contributed by atoms with E-state index in [2.05, 4.69) is 0 Å². The van der Waals surface area contributed by atoms with Crippen LogP contribution in [0.2, 0.25) is 0 Å². The number of likely N-dealkylation sites (tertiary alicyclic amines) is 1. The fraction of sp³-hybridized carbons (Fsp3) is 0.526. The van der Waals surface area contributed by atoms with Gasteiger partial charge in [0.2, 0.25) is 17.7 Å². The van der Waals surface area contributed by atoms with Gasteiger partial charge in [0, 0.05) is 25.2 Å². The molecular weight excluding hydrogens is 318 g/mol. The standard InChI is InChI=1S/C19H25N3O3/c1-2-13-7-3-4-8-15(13)22-12-14(11-17(22)23)19(25)21-10-6-5-9-16(21)18(20)24/h3-4,7-8,14,16H,2,5-6,9-12H2,1H3,(H2,20,24). The summed E-state index contributed by atoms with van der Waals surface area (Å²) in [5, 5.41) is 0. The van der Waals surface area contributed by atoms with Crippen LogP contribution < -0.4 is 10.6 Å². The van der Waals surface area contributed by atoms with Crippen molar-refractivity contribution in [2.75, 3.05) is 18.0 Å². The monoisotopic (exact) mass is 343 g/mol. The molecule has 0 saturated carbocycles. The predicted molar refractivity (Wildman–Crippen MR) is 94.8 cm³/mol. The molecule has 2 aliphatic rings. The Morgan fingerprint density at radius 2 is 2.00 bits per heavy atom. The van der Waals surface area contributed by atoms with Crippen molar-refractivity contribution in [1.29, 1.82) is 0 Å². The number of aryl methyl sites for hydroxylation is 1. The van der Waals surface area contributed by atoms with E-state index in [0.717, 1.165) is 30.5 Å². The first kappa shape index (κ1) is 17.5. The Labute approximate surface area is 148 Å². The summed E-state index contributed by atoms with van der Waals surface area (Å²) in [7, 11) is 0. The molecule has 2 fully saturated rings. The van der Waals surface area contributed by atoms with Crippen LogP contribution in [0.3, 0.4) is 0 Å². The summed E-state index contributed by atoms with van der Waals surface area (Å²) >= 11 is 0. The third kappa shape index (κ3) is 3.38. The van der Waals surface area contributed by atoms with E-state index in [1.165, 1.54) is 0 Å². The maximum atomic E-state index is 12.9. The van der Waals surface area contributed by atoms with E-state index in [1.807, 2.05) is 31.2 Å². The normalized spacial score (nSPS) is 23.8. The zero-order valence-corrected chi connectivity index (χ0v) is 14.6. The lowest BCUT2D eigenvalue weighted by atomic mass is 9.98. The van der Waals surface area contributed by atoms with Crippen molar-refractivity contribution in [2.24, 2.45) is 11.7 Å². The Kier molecular flexibility index (Phi) is 5.06. The number of rotatable bonds is 4. The SMILES string of the molecule is CCc1ccccc1N1CC(C(=O)N2CCCCC2C(N)=O)CC1=O. The van der Waals surface area contributed by atoms with Gasteiger partial charge in [0.25, 0.3) is 0 Å². The number of piperidine rings is 1. The van der Waals surface area contributed by atoms with Crippen LogP contribution >= 0.6 is 0 Å². The second kappa shape index (κ2) is 7.25. The molecule has 6 heteroatoms. The minimum absolute atomic E-state index is 0.0353. The zero-order valence-electron chi connectivity index (χ0n) is 14.6. The molecule has 2 N–H and O–H groups in total. The van der Waals surface area contributed by atoms with Gasteiger partial charge in [-0.2, -0.15) is 0 Å². The molecule has 2 saturated heterocycles. The summed E-state index contributed by atoms with van der Waals surface area (Å²) in [6, 6.07) is 7.26. The lowest BCUT2D eigenvalue weighted by molar-refractivity contribution is -0.144. The average molecular weight is 343 g/mol. The molecule has 0 aromatic heterocycles. The summed E-state index contributed by atoms with van der Waals surface area (Å²) in [6.45, 7) is 2.96. The highest BCUT2D eigenvalue weighted by Gasteiger charge is 2.41. The first-order valence-corrected chi connectivity index (χ1v) is 9.01. The van der Waals surface area contributed by atoms with Crippen molar-refractivity contribution in [3.63, 3.8) is 0 Å².